The minimum atomic E-state index is -0.504. The Labute approximate surface area is 209 Å². The first-order valence-corrected chi connectivity index (χ1v) is 12.7. The second kappa shape index (κ2) is 7.23. The fourth-order valence-corrected chi connectivity index (χ4v) is 6.18. The maximum atomic E-state index is 13.1. The highest BCUT2D eigenvalue weighted by Gasteiger charge is 2.56. The molecule has 35 heavy (non-hydrogen) atoms. The lowest BCUT2D eigenvalue weighted by molar-refractivity contribution is 0.0230. The second-order valence-corrected chi connectivity index (χ2v) is 11.6. The summed E-state index contributed by atoms with van der Waals surface area (Å²) in [5, 5.41) is 3.09. The Morgan fingerprint density at radius 2 is 1.97 bits per heavy atom. The highest BCUT2D eigenvalue weighted by Crippen LogP contribution is 2.50. The van der Waals surface area contributed by atoms with Crippen LogP contribution in [0.1, 0.15) is 44.7 Å². The predicted octanol–water partition coefficient (Wildman–Crippen LogP) is 7.08. The van der Waals surface area contributed by atoms with Crippen molar-refractivity contribution in [1.29, 1.82) is 0 Å². The van der Waals surface area contributed by atoms with Crippen molar-refractivity contribution >= 4 is 39.9 Å². The molecule has 0 spiro atoms. The SMILES string of the molecule is CC(C)(C)OC(=O)N1C(C2=Nc3ccc4cc5c(cc4c3C2)COc2cc(Cl)ccc2-5)C[C@H]2C[C@H]21. The van der Waals surface area contributed by atoms with Gasteiger partial charge in [0.25, 0.3) is 0 Å². The Hall–Kier alpha value is -3.05. The van der Waals surface area contributed by atoms with E-state index in [9.17, 15) is 4.79 Å². The summed E-state index contributed by atoms with van der Waals surface area (Å²) in [4.78, 5) is 20.1. The standard InChI is InChI=1S/C29H27ClN2O3/c1-29(2,3)35-28(33)32-25-10-16(25)11-26(32)24-13-22-20-9-17-14-34-27-12-18(30)5-6-19(27)21(17)8-15(20)4-7-23(22)31-24/h4-9,12,16,25-26H,10-11,13-14H2,1-3H3/t16-,25-,26?/m1/s1. The molecule has 1 saturated carbocycles. The van der Waals surface area contributed by atoms with Crippen LogP contribution < -0.4 is 4.74 Å². The van der Waals surface area contributed by atoms with Crippen LogP contribution in [0.15, 0.2) is 47.5 Å². The van der Waals surface area contributed by atoms with Gasteiger partial charge in [-0.3, -0.25) is 9.89 Å². The molecule has 4 aliphatic rings. The van der Waals surface area contributed by atoms with Gasteiger partial charge in [0.05, 0.1) is 11.7 Å². The highest BCUT2D eigenvalue weighted by atomic mass is 35.5. The first-order chi connectivity index (χ1) is 16.7. The number of halogens is 1. The molecule has 3 aromatic rings. The van der Waals surface area contributed by atoms with Crippen LogP contribution >= 0.6 is 11.6 Å². The molecule has 0 bridgehead atoms. The molecule has 3 aromatic carbocycles. The van der Waals surface area contributed by atoms with Crippen LogP contribution in [0.3, 0.4) is 0 Å². The molecule has 0 N–H and O–H groups in total. The summed E-state index contributed by atoms with van der Waals surface area (Å²) in [5.41, 5.74) is 6.28. The van der Waals surface area contributed by atoms with Gasteiger partial charge in [0.15, 0.2) is 0 Å². The molecule has 3 heterocycles. The van der Waals surface area contributed by atoms with Crippen LogP contribution in [-0.2, 0) is 17.8 Å². The Bertz CT molecular complexity index is 1450. The van der Waals surface area contributed by atoms with Crippen molar-refractivity contribution in [2.45, 2.75) is 64.3 Å². The number of hydrogen-bond donors (Lipinski definition) is 0. The molecule has 2 fully saturated rings. The van der Waals surface area contributed by atoms with Gasteiger partial charge >= 0.3 is 6.09 Å². The number of ether oxygens (including phenoxy) is 2. The first kappa shape index (κ1) is 21.3. The molecule has 3 atom stereocenters. The third kappa shape index (κ3) is 3.43. The van der Waals surface area contributed by atoms with Crippen molar-refractivity contribution in [3.63, 3.8) is 0 Å². The Balaban J connectivity index is 1.23. The average molecular weight is 487 g/mol. The van der Waals surface area contributed by atoms with Crippen LogP contribution in [0.4, 0.5) is 10.5 Å². The van der Waals surface area contributed by atoms with E-state index in [0.717, 1.165) is 42.0 Å². The minimum Gasteiger partial charge on any atom is -0.488 e. The van der Waals surface area contributed by atoms with Gasteiger partial charge < -0.3 is 9.47 Å². The number of carbonyl (C=O) groups is 1. The number of nitrogens with zero attached hydrogens (tertiary/aromatic N) is 2. The molecule has 6 heteroatoms. The number of rotatable bonds is 1. The molecular weight excluding hydrogens is 460 g/mol. The average Bonchev–Trinajstić information content (AvgIpc) is 3.25. The maximum Gasteiger partial charge on any atom is 0.411 e. The number of carbonyl (C=O) groups excluding carboxylic acids is 1. The summed E-state index contributed by atoms with van der Waals surface area (Å²) in [5.74, 6) is 1.41. The van der Waals surface area contributed by atoms with Crippen molar-refractivity contribution in [2.24, 2.45) is 10.9 Å². The molecule has 178 valence electrons. The molecule has 1 amide bonds. The van der Waals surface area contributed by atoms with Gasteiger partial charge in [-0.25, -0.2) is 4.79 Å². The zero-order valence-electron chi connectivity index (χ0n) is 20.1. The van der Waals surface area contributed by atoms with E-state index in [1.165, 1.54) is 27.5 Å². The number of fused-ring (bicyclic) bond motifs is 7. The first-order valence-electron chi connectivity index (χ1n) is 12.4. The van der Waals surface area contributed by atoms with Crippen molar-refractivity contribution < 1.29 is 14.3 Å². The van der Waals surface area contributed by atoms with E-state index in [4.69, 9.17) is 26.1 Å². The quantitative estimate of drug-likeness (QED) is 0.369. The Morgan fingerprint density at radius 3 is 2.80 bits per heavy atom. The van der Waals surface area contributed by atoms with Crippen LogP contribution in [0.2, 0.25) is 5.02 Å². The fourth-order valence-electron chi connectivity index (χ4n) is 6.02. The monoisotopic (exact) mass is 486 g/mol. The topological polar surface area (TPSA) is 51.1 Å². The Kier molecular flexibility index (Phi) is 4.39. The molecular formula is C29H27ClN2O3. The number of amides is 1. The van der Waals surface area contributed by atoms with E-state index in [1.807, 2.05) is 43.9 Å². The number of aliphatic imine (C=N–C) groups is 1. The van der Waals surface area contributed by atoms with Crippen molar-refractivity contribution in [3.05, 3.63) is 58.6 Å². The van der Waals surface area contributed by atoms with E-state index in [1.54, 1.807) is 0 Å². The van der Waals surface area contributed by atoms with Crippen LogP contribution in [-0.4, -0.2) is 34.4 Å². The second-order valence-electron chi connectivity index (χ2n) is 11.2. The highest BCUT2D eigenvalue weighted by molar-refractivity contribution is 6.30. The molecule has 3 aliphatic heterocycles. The third-order valence-corrected chi connectivity index (χ3v) is 7.90. The Morgan fingerprint density at radius 1 is 1.11 bits per heavy atom. The van der Waals surface area contributed by atoms with E-state index >= 15 is 0 Å². The number of likely N-dealkylation sites (tertiary alicyclic amines) is 1. The summed E-state index contributed by atoms with van der Waals surface area (Å²) in [6.07, 6.45) is 2.62. The summed E-state index contributed by atoms with van der Waals surface area (Å²) >= 11 is 6.18. The predicted molar refractivity (Wildman–Crippen MR) is 138 cm³/mol. The summed E-state index contributed by atoms with van der Waals surface area (Å²) < 4.78 is 11.8. The zero-order valence-corrected chi connectivity index (χ0v) is 20.9. The van der Waals surface area contributed by atoms with Crippen LogP contribution in [0.25, 0.3) is 21.9 Å². The van der Waals surface area contributed by atoms with Crippen LogP contribution in [0, 0.1) is 5.92 Å². The molecule has 0 radical (unpaired) electrons. The largest absolute Gasteiger partial charge is 0.488 e. The summed E-state index contributed by atoms with van der Waals surface area (Å²) in [6, 6.07) is 14.9. The molecule has 7 rings (SSSR count). The zero-order chi connectivity index (χ0) is 24.1. The smallest absolute Gasteiger partial charge is 0.411 e. The molecule has 1 saturated heterocycles. The third-order valence-electron chi connectivity index (χ3n) is 7.66. The van der Waals surface area contributed by atoms with Crippen molar-refractivity contribution in [2.75, 3.05) is 0 Å². The van der Waals surface area contributed by atoms with E-state index < -0.39 is 5.60 Å². The van der Waals surface area contributed by atoms with Gasteiger partial charge in [-0.2, -0.15) is 0 Å². The van der Waals surface area contributed by atoms with Crippen molar-refractivity contribution in [3.8, 4) is 16.9 Å². The van der Waals surface area contributed by atoms with Crippen molar-refractivity contribution in [1.82, 2.24) is 4.90 Å². The normalized spacial score (nSPS) is 23.7. The lowest BCUT2D eigenvalue weighted by atomic mass is 9.90. The molecule has 1 unspecified atom stereocenters. The van der Waals surface area contributed by atoms with Gasteiger partial charge in [0.2, 0.25) is 0 Å². The summed E-state index contributed by atoms with van der Waals surface area (Å²) in [7, 11) is 0. The van der Waals surface area contributed by atoms with E-state index in [0.29, 0.717) is 23.6 Å². The van der Waals surface area contributed by atoms with Gasteiger partial charge in [-0.1, -0.05) is 17.7 Å². The number of hydrogen-bond acceptors (Lipinski definition) is 4. The number of benzene rings is 3. The fraction of sp³-hybridized carbons (Fsp3) is 0.379. The van der Waals surface area contributed by atoms with E-state index in [-0.39, 0.29) is 12.1 Å². The lowest BCUT2D eigenvalue weighted by Gasteiger charge is -2.30. The van der Waals surface area contributed by atoms with Gasteiger partial charge in [0.1, 0.15) is 18.0 Å². The minimum absolute atomic E-state index is 0.0219. The maximum absolute atomic E-state index is 13.1. The van der Waals surface area contributed by atoms with Gasteiger partial charge in [-0.05, 0) is 103 Å². The van der Waals surface area contributed by atoms with Gasteiger partial charge in [0, 0.05) is 28.8 Å². The molecule has 1 aliphatic carbocycles. The number of piperidine rings is 1. The molecule has 0 aromatic heterocycles. The van der Waals surface area contributed by atoms with Crippen LogP contribution in [0.5, 0.6) is 5.75 Å². The van der Waals surface area contributed by atoms with Gasteiger partial charge in [-0.15, -0.1) is 0 Å². The lowest BCUT2D eigenvalue weighted by Crippen LogP contribution is -2.45. The molecule has 5 nitrogen and oxygen atoms in total. The van der Waals surface area contributed by atoms with E-state index in [2.05, 4.69) is 24.3 Å². The summed E-state index contributed by atoms with van der Waals surface area (Å²) in [6.45, 7) is 6.29.